The molecular formula is C12H22N4O5. The van der Waals surface area contributed by atoms with Crippen LogP contribution in [0.4, 0.5) is 4.79 Å². The number of nitrogens with two attached hydrogens (primary N) is 1. The number of amides is 4. The van der Waals surface area contributed by atoms with E-state index in [-0.39, 0.29) is 12.5 Å². The average molecular weight is 302 g/mol. The van der Waals surface area contributed by atoms with Crippen LogP contribution in [0.15, 0.2) is 0 Å². The minimum Gasteiger partial charge on any atom is -0.480 e. The average Bonchev–Trinajstić information content (AvgIpc) is 2.38. The van der Waals surface area contributed by atoms with Gasteiger partial charge in [-0.15, -0.1) is 0 Å². The van der Waals surface area contributed by atoms with E-state index in [1.807, 2.05) is 13.8 Å². The summed E-state index contributed by atoms with van der Waals surface area (Å²) < 4.78 is 0. The topological polar surface area (TPSA) is 133 Å². The highest BCUT2D eigenvalue weighted by Crippen LogP contribution is 1.97. The molecule has 0 heterocycles. The number of primary amides is 1. The van der Waals surface area contributed by atoms with Gasteiger partial charge in [0.05, 0.1) is 6.42 Å². The summed E-state index contributed by atoms with van der Waals surface area (Å²) in [6, 6.07) is -2.18. The van der Waals surface area contributed by atoms with E-state index < -0.39 is 30.4 Å². The van der Waals surface area contributed by atoms with E-state index >= 15 is 0 Å². The van der Waals surface area contributed by atoms with Crippen LogP contribution in [0.2, 0.25) is 0 Å². The molecule has 0 aromatic heterocycles. The Bertz CT molecular complexity index is 408. The van der Waals surface area contributed by atoms with Crippen LogP contribution in [0.1, 0.15) is 20.3 Å². The van der Waals surface area contributed by atoms with Gasteiger partial charge in [-0.25, -0.2) is 9.59 Å². The molecule has 0 saturated heterocycles. The Morgan fingerprint density at radius 1 is 1.19 bits per heavy atom. The summed E-state index contributed by atoms with van der Waals surface area (Å²) in [6.45, 7) is 4.48. The molecule has 120 valence electrons. The number of urea groups is 1. The zero-order valence-electron chi connectivity index (χ0n) is 12.5. The maximum Gasteiger partial charge on any atom is 0.326 e. The Hall–Kier alpha value is -2.32. The molecule has 9 nitrogen and oxygen atoms in total. The van der Waals surface area contributed by atoms with Crippen LogP contribution in [-0.4, -0.2) is 71.4 Å². The number of nitrogens with one attached hydrogen (secondary N) is 1. The molecule has 0 aromatic carbocycles. The van der Waals surface area contributed by atoms with E-state index in [1.54, 1.807) is 4.90 Å². The van der Waals surface area contributed by atoms with Crippen LogP contribution in [0.3, 0.4) is 0 Å². The molecule has 0 fully saturated rings. The van der Waals surface area contributed by atoms with Crippen molar-refractivity contribution in [2.24, 2.45) is 5.73 Å². The van der Waals surface area contributed by atoms with E-state index in [1.165, 1.54) is 7.05 Å². The van der Waals surface area contributed by atoms with Gasteiger partial charge in [-0.2, -0.15) is 0 Å². The number of aliphatic carboxylic acids is 1. The van der Waals surface area contributed by atoms with Crippen molar-refractivity contribution in [3.63, 3.8) is 0 Å². The largest absolute Gasteiger partial charge is 0.480 e. The van der Waals surface area contributed by atoms with Gasteiger partial charge in [-0.05, 0) is 13.8 Å². The normalized spacial score (nSPS) is 11.4. The molecule has 0 saturated carbocycles. The van der Waals surface area contributed by atoms with Gasteiger partial charge in [-0.3, -0.25) is 9.59 Å². The number of carboxylic acids is 1. The standard InChI is InChI=1S/C12H22N4O5/c1-4-16(5-2)10(18)7-15(3)12(21)14-8(11(19)20)6-9(13)17/h8H,4-7H2,1-3H3,(H2,13,17)(H,14,21)(H,19,20)/t8-/m0/s1. The predicted octanol–water partition coefficient (Wildman–Crippen LogP) is -1.18. The third kappa shape index (κ3) is 6.59. The third-order valence-electron chi connectivity index (χ3n) is 2.84. The van der Waals surface area contributed by atoms with Crippen LogP contribution in [0.5, 0.6) is 0 Å². The van der Waals surface area contributed by atoms with Gasteiger partial charge in [0.1, 0.15) is 12.6 Å². The van der Waals surface area contributed by atoms with Gasteiger partial charge in [0.25, 0.3) is 0 Å². The van der Waals surface area contributed by atoms with Gasteiger partial charge in [-0.1, -0.05) is 0 Å². The molecule has 0 unspecified atom stereocenters. The fourth-order valence-corrected chi connectivity index (χ4v) is 1.61. The lowest BCUT2D eigenvalue weighted by Gasteiger charge is -2.24. The highest BCUT2D eigenvalue weighted by atomic mass is 16.4. The molecule has 21 heavy (non-hydrogen) atoms. The second-order valence-corrected chi connectivity index (χ2v) is 4.43. The molecule has 0 aromatic rings. The summed E-state index contributed by atoms with van der Waals surface area (Å²) in [6.07, 6.45) is -0.515. The van der Waals surface area contributed by atoms with Gasteiger partial charge >= 0.3 is 12.0 Å². The number of carbonyl (C=O) groups excluding carboxylic acids is 3. The molecule has 4 N–H and O–H groups in total. The van der Waals surface area contributed by atoms with Crippen molar-refractivity contribution >= 4 is 23.8 Å². The molecule has 0 aliphatic heterocycles. The van der Waals surface area contributed by atoms with Crippen molar-refractivity contribution in [1.29, 1.82) is 0 Å². The van der Waals surface area contributed by atoms with Crippen LogP contribution in [-0.2, 0) is 14.4 Å². The number of hydrogen-bond donors (Lipinski definition) is 3. The molecule has 9 heteroatoms. The number of rotatable bonds is 8. The van der Waals surface area contributed by atoms with Crippen molar-refractivity contribution in [3.05, 3.63) is 0 Å². The Labute approximate surface area is 123 Å². The lowest BCUT2D eigenvalue weighted by molar-refractivity contribution is -0.140. The van der Waals surface area contributed by atoms with Crippen LogP contribution < -0.4 is 11.1 Å². The quantitative estimate of drug-likeness (QED) is 0.519. The number of likely N-dealkylation sites (N-methyl/N-ethyl adjacent to an activating group) is 2. The number of carbonyl (C=O) groups is 4. The third-order valence-corrected chi connectivity index (χ3v) is 2.84. The van der Waals surface area contributed by atoms with E-state index in [0.29, 0.717) is 13.1 Å². The zero-order chi connectivity index (χ0) is 16.6. The lowest BCUT2D eigenvalue weighted by atomic mass is 10.2. The maximum atomic E-state index is 11.8. The number of carboxylic acid groups (broad SMARTS) is 1. The summed E-state index contributed by atoms with van der Waals surface area (Å²) >= 11 is 0. The molecule has 0 aliphatic rings. The molecular weight excluding hydrogens is 280 g/mol. The van der Waals surface area contributed by atoms with Crippen LogP contribution in [0.25, 0.3) is 0 Å². The summed E-state index contributed by atoms with van der Waals surface area (Å²) in [7, 11) is 1.36. The lowest BCUT2D eigenvalue weighted by Crippen LogP contribution is -2.50. The SMILES string of the molecule is CCN(CC)C(=O)CN(C)C(=O)N[C@@H](CC(N)=O)C(=O)O. The fraction of sp³-hybridized carbons (Fsp3) is 0.667. The summed E-state index contributed by atoms with van der Waals surface area (Å²) in [4.78, 5) is 47.9. The Morgan fingerprint density at radius 2 is 1.71 bits per heavy atom. The molecule has 1 atom stereocenters. The van der Waals surface area contributed by atoms with E-state index in [0.717, 1.165) is 4.90 Å². The van der Waals surface area contributed by atoms with Gasteiger partial charge < -0.3 is 26.0 Å². The minimum atomic E-state index is -1.42. The highest BCUT2D eigenvalue weighted by Gasteiger charge is 2.24. The first-order valence-corrected chi connectivity index (χ1v) is 6.53. The minimum absolute atomic E-state index is 0.184. The van der Waals surface area contributed by atoms with E-state index in [2.05, 4.69) is 5.32 Å². The Balaban J connectivity index is 4.59. The highest BCUT2D eigenvalue weighted by molar-refractivity contribution is 5.89. The monoisotopic (exact) mass is 302 g/mol. The fourth-order valence-electron chi connectivity index (χ4n) is 1.61. The van der Waals surface area contributed by atoms with Gasteiger partial charge in [0.15, 0.2) is 0 Å². The molecule has 0 radical (unpaired) electrons. The van der Waals surface area contributed by atoms with Gasteiger partial charge in [0, 0.05) is 20.1 Å². The van der Waals surface area contributed by atoms with Crippen molar-refractivity contribution in [2.45, 2.75) is 26.3 Å². The van der Waals surface area contributed by atoms with Gasteiger partial charge in [0.2, 0.25) is 11.8 Å². The Kier molecular flexibility index (Phi) is 7.80. The number of hydrogen-bond acceptors (Lipinski definition) is 4. The summed E-state index contributed by atoms with van der Waals surface area (Å²) in [5, 5.41) is 11.0. The first kappa shape index (κ1) is 18.7. The molecule has 0 rings (SSSR count). The van der Waals surface area contributed by atoms with Crippen molar-refractivity contribution in [2.75, 3.05) is 26.7 Å². The van der Waals surface area contributed by atoms with Crippen molar-refractivity contribution in [3.8, 4) is 0 Å². The first-order chi connectivity index (χ1) is 9.72. The van der Waals surface area contributed by atoms with Crippen LogP contribution >= 0.6 is 0 Å². The van der Waals surface area contributed by atoms with E-state index in [4.69, 9.17) is 10.8 Å². The van der Waals surface area contributed by atoms with Crippen molar-refractivity contribution in [1.82, 2.24) is 15.1 Å². The molecule has 0 spiro atoms. The zero-order valence-corrected chi connectivity index (χ0v) is 12.5. The number of nitrogens with zero attached hydrogens (tertiary/aromatic N) is 2. The van der Waals surface area contributed by atoms with Crippen LogP contribution in [0, 0.1) is 0 Å². The summed E-state index contributed by atoms with van der Waals surface area (Å²) in [5.74, 6) is -2.46. The molecule has 0 bridgehead atoms. The van der Waals surface area contributed by atoms with Crippen molar-refractivity contribution < 1.29 is 24.3 Å². The second kappa shape index (κ2) is 8.77. The second-order valence-electron chi connectivity index (χ2n) is 4.43. The Morgan fingerprint density at radius 3 is 2.10 bits per heavy atom. The molecule has 0 aliphatic carbocycles. The first-order valence-electron chi connectivity index (χ1n) is 6.53. The molecule has 4 amide bonds. The maximum absolute atomic E-state index is 11.8. The smallest absolute Gasteiger partial charge is 0.326 e. The summed E-state index contributed by atoms with van der Waals surface area (Å²) in [5.41, 5.74) is 4.91. The predicted molar refractivity (Wildman–Crippen MR) is 74.3 cm³/mol. The van der Waals surface area contributed by atoms with E-state index in [9.17, 15) is 19.2 Å².